The van der Waals surface area contributed by atoms with Crippen LogP contribution in [-0.2, 0) is 51.0 Å². The number of aromatic nitrogens is 4. The molecular weight excluding hydrogens is 713 g/mol. The van der Waals surface area contributed by atoms with Crippen molar-refractivity contribution in [1.29, 1.82) is 0 Å². The van der Waals surface area contributed by atoms with E-state index < -0.39 is 0 Å². The maximum absolute atomic E-state index is 12.1. The summed E-state index contributed by atoms with van der Waals surface area (Å²) < 4.78 is 19.7. The molecule has 12 nitrogen and oxygen atoms in total. The van der Waals surface area contributed by atoms with Gasteiger partial charge < -0.3 is 28.9 Å². The SMILES string of the molecule is COC(=O)CCCC1=C(C)c2cc3[nH]c(cc4[nH]c(cc5nc(cc1n2)C(C)=C5CCCC(=O)OC)c(C)c4CCCC(=O)OC)c(C)c3CCCC(=O)OC. The predicted octanol–water partition coefficient (Wildman–Crippen LogP) is 8.47. The molecule has 0 atom stereocenters. The van der Waals surface area contributed by atoms with Crippen LogP contribution in [0.4, 0.5) is 0 Å². The number of rotatable bonds is 16. The van der Waals surface area contributed by atoms with Crippen molar-refractivity contribution in [3.63, 3.8) is 0 Å². The van der Waals surface area contributed by atoms with Gasteiger partial charge >= 0.3 is 23.9 Å². The van der Waals surface area contributed by atoms with Crippen LogP contribution in [0.15, 0.2) is 24.3 Å². The zero-order valence-electron chi connectivity index (χ0n) is 34.0. The maximum atomic E-state index is 12.1. The second-order valence-electron chi connectivity index (χ2n) is 14.4. The van der Waals surface area contributed by atoms with Crippen LogP contribution in [0.25, 0.3) is 44.4 Å². The van der Waals surface area contributed by atoms with Crippen LogP contribution in [0, 0.1) is 13.8 Å². The Hall–Kier alpha value is -5.52. The van der Waals surface area contributed by atoms with Crippen LogP contribution in [0.3, 0.4) is 0 Å². The first-order valence-corrected chi connectivity index (χ1v) is 19.3. The number of hydrogen-bond donors (Lipinski definition) is 2. The fourth-order valence-electron chi connectivity index (χ4n) is 7.54. The lowest BCUT2D eigenvalue weighted by molar-refractivity contribution is -0.141. The minimum atomic E-state index is -0.258. The van der Waals surface area contributed by atoms with Crippen molar-refractivity contribution >= 4 is 68.2 Å². The van der Waals surface area contributed by atoms with Gasteiger partial charge in [-0.2, -0.15) is 0 Å². The first-order valence-electron chi connectivity index (χ1n) is 19.3. The van der Waals surface area contributed by atoms with Gasteiger partial charge in [-0.05, 0) is 148 Å². The van der Waals surface area contributed by atoms with Gasteiger partial charge in [0.15, 0.2) is 0 Å². The third-order valence-electron chi connectivity index (χ3n) is 10.9. The molecule has 0 saturated heterocycles. The van der Waals surface area contributed by atoms with Gasteiger partial charge in [0.1, 0.15) is 0 Å². The molecule has 0 radical (unpaired) electrons. The number of methoxy groups -OCH3 is 4. The van der Waals surface area contributed by atoms with E-state index in [-0.39, 0.29) is 30.3 Å². The Bertz CT molecular complexity index is 2240. The van der Waals surface area contributed by atoms with Gasteiger partial charge in [-0.15, -0.1) is 0 Å². The molecular formula is C44H54N4O8. The zero-order valence-corrected chi connectivity index (χ0v) is 34.0. The molecule has 0 fully saturated rings. The lowest BCUT2D eigenvalue weighted by atomic mass is 9.98. The summed E-state index contributed by atoms with van der Waals surface area (Å²) in [6.45, 7) is 8.28. The van der Waals surface area contributed by atoms with Gasteiger partial charge in [0.2, 0.25) is 0 Å². The molecule has 3 aromatic rings. The Morgan fingerprint density at radius 1 is 0.464 bits per heavy atom. The largest absolute Gasteiger partial charge is 0.469 e. The molecule has 0 unspecified atom stereocenters. The van der Waals surface area contributed by atoms with Crippen molar-refractivity contribution in [2.75, 3.05) is 28.4 Å². The molecule has 5 rings (SSSR count). The van der Waals surface area contributed by atoms with Crippen LogP contribution >= 0.6 is 0 Å². The van der Waals surface area contributed by atoms with Crippen LogP contribution < -0.4 is 0 Å². The van der Waals surface area contributed by atoms with E-state index in [1.807, 2.05) is 6.07 Å². The third-order valence-corrected chi connectivity index (χ3v) is 10.9. The summed E-state index contributed by atoms with van der Waals surface area (Å²) in [6.07, 6.45) is 6.15. The number of esters is 4. The number of ether oxygens (including phenoxy) is 4. The Morgan fingerprint density at radius 2 is 0.804 bits per heavy atom. The van der Waals surface area contributed by atoms with Crippen LogP contribution in [0.5, 0.6) is 0 Å². The standard InChI is InChI=1S/C44H54N4O8/c1-25-29(13-9-17-41(49)53-5)37-22-34-27(3)31(15-11-19-43(51)55-7)39(47-34)24-36-28(4)32(16-12-20-44(52)56-8)40(48-36)23-35-26(2)30(14-10-18-42(50)54-6)38(46-35)21-33(25)45-37/h21-24,45-46H,9-20H2,1-8H3. The first kappa shape index (κ1) is 41.6. The molecule has 298 valence electrons. The smallest absolute Gasteiger partial charge is 0.305 e. The van der Waals surface area contributed by atoms with Crippen molar-refractivity contribution in [2.24, 2.45) is 0 Å². The van der Waals surface area contributed by atoms with Gasteiger partial charge in [-0.3, -0.25) is 19.2 Å². The van der Waals surface area contributed by atoms with Crippen LogP contribution in [-0.4, -0.2) is 72.3 Å². The van der Waals surface area contributed by atoms with Gasteiger partial charge in [0, 0.05) is 47.8 Å². The van der Waals surface area contributed by atoms with Crippen molar-refractivity contribution in [3.8, 4) is 0 Å². The number of hydrogen-bond acceptors (Lipinski definition) is 10. The summed E-state index contributed by atoms with van der Waals surface area (Å²) in [6, 6.07) is 8.30. The predicted molar refractivity (Wildman–Crippen MR) is 217 cm³/mol. The quantitative estimate of drug-likeness (QED) is 0.107. The summed E-state index contributed by atoms with van der Waals surface area (Å²) >= 11 is 0. The molecule has 3 aromatic heterocycles. The Balaban J connectivity index is 1.80. The van der Waals surface area contributed by atoms with E-state index >= 15 is 0 Å². The normalized spacial score (nSPS) is 12.6. The number of fused-ring (bicyclic) bond motifs is 8. The van der Waals surface area contributed by atoms with Crippen molar-refractivity contribution < 1.29 is 38.1 Å². The molecule has 8 bridgehead atoms. The number of nitrogens with zero attached hydrogens (tertiary/aromatic N) is 2. The second-order valence-corrected chi connectivity index (χ2v) is 14.4. The van der Waals surface area contributed by atoms with Crippen molar-refractivity contribution in [3.05, 3.63) is 69.3 Å². The second kappa shape index (κ2) is 18.9. The molecule has 2 aliphatic rings. The zero-order chi connectivity index (χ0) is 40.5. The van der Waals surface area contributed by atoms with Crippen LogP contribution in [0.1, 0.15) is 123 Å². The molecule has 0 spiro atoms. The Morgan fingerprint density at radius 3 is 1.23 bits per heavy atom. The van der Waals surface area contributed by atoms with Crippen molar-refractivity contribution in [1.82, 2.24) is 19.9 Å². The molecule has 5 heterocycles. The Labute approximate surface area is 328 Å². The average Bonchev–Trinajstić information content (AvgIpc) is 3.85. The summed E-state index contributed by atoms with van der Waals surface area (Å²) in [7, 11) is 5.61. The monoisotopic (exact) mass is 766 g/mol. The number of nitrogens with one attached hydrogen (secondary N) is 2. The minimum Gasteiger partial charge on any atom is -0.469 e. The third kappa shape index (κ3) is 9.64. The van der Waals surface area contributed by atoms with Crippen molar-refractivity contribution in [2.45, 2.75) is 105 Å². The molecule has 0 aromatic carbocycles. The summed E-state index contributed by atoms with van der Waals surface area (Å²) in [5.74, 6) is -1.01. The summed E-state index contributed by atoms with van der Waals surface area (Å²) in [5.41, 5.74) is 15.2. The topological polar surface area (TPSA) is 163 Å². The highest BCUT2D eigenvalue weighted by Gasteiger charge is 2.23. The number of allylic oxidation sites excluding steroid dienone is 4. The van der Waals surface area contributed by atoms with Gasteiger partial charge in [0.25, 0.3) is 0 Å². The molecule has 0 aliphatic carbocycles. The number of H-pyrrole nitrogens is 2. The average molecular weight is 767 g/mol. The van der Waals surface area contributed by atoms with E-state index in [9.17, 15) is 19.2 Å². The summed E-state index contributed by atoms with van der Waals surface area (Å²) in [5, 5.41) is 0. The molecule has 0 amide bonds. The molecule has 56 heavy (non-hydrogen) atoms. The lowest BCUT2D eigenvalue weighted by Gasteiger charge is -2.06. The molecule has 0 saturated carbocycles. The molecule has 2 aliphatic heterocycles. The fraction of sp³-hybridized carbons (Fsp3) is 0.455. The maximum Gasteiger partial charge on any atom is 0.305 e. The van der Waals surface area contributed by atoms with E-state index in [0.717, 1.165) is 89.4 Å². The molecule has 12 heteroatoms. The highest BCUT2D eigenvalue weighted by Crippen LogP contribution is 2.38. The highest BCUT2D eigenvalue weighted by molar-refractivity contribution is 5.95. The van der Waals surface area contributed by atoms with Gasteiger partial charge in [0.05, 0.1) is 51.2 Å². The van der Waals surface area contributed by atoms with E-state index in [4.69, 9.17) is 28.9 Å². The van der Waals surface area contributed by atoms with E-state index in [1.165, 1.54) is 28.4 Å². The fourth-order valence-corrected chi connectivity index (χ4v) is 7.54. The summed E-state index contributed by atoms with van der Waals surface area (Å²) in [4.78, 5) is 66.1. The number of aromatic amines is 2. The van der Waals surface area contributed by atoms with Gasteiger partial charge in [-0.1, -0.05) is 0 Å². The first-order chi connectivity index (χ1) is 26.9. The molecule has 2 N–H and O–H groups in total. The minimum absolute atomic E-state index is 0.249. The Kier molecular flexibility index (Phi) is 14.0. The van der Waals surface area contributed by atoms with E-state index in [0.29, 0.717) is 70.6 Å². The number of carbonyl (C=O) groups excluding carboxylic acids is 4. The van der Waals surface area contributed by atoms with E-state index in [2.05, 4.69) is 55.9 Å². The number of aryl methyl sites for hydroxylation is 4. The van der Waals surface area contributed by atoms with Gasteiger partial charge in [-0.25, -0.2) is 9.97 Å². The van der Waals surface area contributed by atoms with Crippen LogP contribution in [0.2, 0.25) is 0 Å². The van der Waals surface area contributed by atoms with E-state index in [1.54, 1.807) is 0 Å². The highest BCUT2D eigenvalue weighted by atomic mass is 16.5. The lowest BCUT2D eigenvalue weighted by Crippen LogP contribution is -2.00. The number of carbonyl (C=O) groups is 4.